The maximum absolute atomic E-state index is 13.0. The average Bonchev–Trinajstić information content (AvgIpc) is 2.55. The Morgan fingerprint density at radius 2 is 1.68 bits per heavy atom. The van der Waals surface area contributed by atoms with Gasteiger partial charge in [0.15, 0.2) is 0 Å². The zero-order valence-corrected chi connectivity index (χ0v) is 13.2. The second-order valence-corrected chi connectivity index (χ2v) is 5.52. The minimum atomic E-state index is -0.177. The molecule has 0 aromatic heterocycles. The molecular weight excluding hydrogens is 273 g/mol. The minimum Gasteiger partial charge on any atom is -0.373 e. The van der Waals surface area contributed by atoms with Gasteiger partial charge in [0, 0.05) is 13.1 Å². The summed E-state index contributed by atoms with van der Waals surface area (Å²) in [5.74, 6) is -0.177. The zero-order valence-electron chi connectivity index (χ0n) is 13.2. The van der Waals surface area contributed by atoms with E-state index in [1.165, 1.54) is 24.1 Å². The van der Waals surface area contributed by atoms with Crippen LogP contribution >= 0.6 is 0 Å². The maximum atomic E-state index is 13.0. The molecule has 116 valence electrons. The zero-order chi connectivity index (χ0) is 15.6. The van der Waals surface area contributed by atoms with E-state index in [-0.39, 0.29) is 5.82 Å². The van der Waals surface area contributed by atoms with Crippen LogP contribution in [0.2, 0.25) is 0 Å². The van der Waals surface area contributed by atoms with Gasteiger partial charge in [0.05, 0.1) is 0 Å². The number of allylic oxidation sites excluding steroid dienone is 1. The van der Waals surface area contributed by atoms with Gasteiger partial charge in [0.1, 0.15) is 5.82 Å². The van der Waals surface area contributed by atoms with Crippen molar-refractivity contribution in [1.29, 1.82) is 0 Å². The predicted octanol–water partition coefficient (Wildman–Crippen LogP) is 5.18. The molecule has 0 saturated heterocycles. The number of rotatable bonds is 8. The van der Waals surface area contributed by atoms with Crippen LogP contribution in [0, 0.1) is 5.82 Å². The molecule has 0 atom stereocenters. The predicted molar refractivity (Wildman–Crippen MR) is 91.0 cm³/mol. The summed E-state index contributed by atoms with van der Waals surface area (Å²) in [5, 5.41) is 0. The van der Waals surface area contributed by atoms with Crippen molar-refractivity contribution in [3.8, 4) is 0 Å². The van der Waals surface area contributed by atoms with E-state index in [0.717, 1.165) is 31.5 Å². The second kappa shape index (κ2) is 9.04. The highest BCUT2D eigenvalue weighted by molar-refractivity contribution is 5.18. The minimum absolute atomic E-state index is 0.177. The SMILES string of the molecule is CCCCN(/C=C/Cc1ccccc1)Cc1ccc(F)cc1. The van der Waals surface area contributed by atoms with Crippen molar-refractivity contribution in [1.82, 2.24) is 4.90 Å². The van der Waals surface area contributed by atoms with Gasteiger partial charge in [0.2, 0.25) is 0 Å². The van der Waals surface area contributed by atoms with Crippen LogP contribution in [-0.4, -0.2) is 11.4 Å². The third-order valence-electron chi connectivity index (χ3n) is 3.61. The van der Waals surface area contributed by atoms with E-state index in [4.69, 9.17) is 0 Å². The van der Waals surface area contributed by atoms with E-state index in [1.54, 1.807) is 0 Å². The normalized spacial score (nSPS) is 11.0. The molecule has 0 N–H and O–H groups in total. The van der Waals surface area contributed by atoms with Crippen LogP contribution in [0.4, 0.5) is 4.39 Å². The lowest BCUT2D eigenvalue weighted by molar-refractivity contribution is 0.360. The number of hydrogen-bond acceptors (Lipinski definition) is 1. The number of benzene rings is 2. The highest BCUT2D eigenvalue weighted by Gasteiger charge is 2.01. The van der Waals surface area contributed by atoms with Crippen LogP contribution in [-0.2, 0) is 13.0 Å². The Kier molecular flexibility index (Phi) is 6.69. The van der Waals surface area contributed by atoms with Gasteiger partial charge in [-0.3, -0.25) is 0 Å². The van der Waals surface area contributed by atoms with Crippen LogP contribution in [0.15, 0.2) is 66.9 Å². The molecule has 2 heteroatoms. The molecule has 2 rings (SSSR count). The van der Waals surface area contributed by atoms with Crippen LogP contribution in [0.1, 0.15) is 30.9 Å². The summed E-state index contributed by atoms with van der Waals surface area (Å²) in [6.07, 6.45) is 7.65. The van der Waals surface area contributed by atoms with Crippen molar-refractivity contribution in [2.75, 3.05) is 6.54 Å². The fraction of sp³-hybridized carbons (Fsp3) is 0.300. The van der Waals surface area contributed by atoms with Crippen molar-refractivity contribution >= 4 is 0 Å². The van der Waals surface area contributed by atoms with Gasteiger partial charge in [0.25, 0.3) is 0 Å². The Balaban J connectivity index is 1.94. The molecule has 22 heavy (non-hydrogen) atoms. The first-order chi connectivity index (χ1) is 10.8. The first-order valence-corrected chi connectivity index (χ1v) is 7.97. The summed E-state index contributed by atoms with van der Waals surface area (Å²) < 4.78 is 13.0. The molecular formula is C20H24FN. The molecule has 2 aromatic carbocycles. The first-order valence-electron chi connectivity index (χ1n) is 7.97. The number of hydrogen-bond donors (Lipinski definition) is 0. The average molecular weight is 297 g/mol. The fourth-order valence-corrected chi connectivity index (χ4v) is 2.34. The van der Waals surface area contributed by atoms with E-state index in [1.807, 2.05) is 18.2 Å². The van der Waals surface area contributed by atoms with Crippen molar-refractivity contribution in [2.45, 2.75) is 32.7 Å². The molecule has 0 unspecified atom stereocenters. The Labute approximate surface area is 133 Å². The van der Waals surface area contributed by atoms with Crippen LogP contribution in [0.3, 0.4) is 0 Å². The standard InChI is InChI=1S/C20H24FN/c1-2-3-15-22(17-19-11-13-20(21)14-12-19)16-7-10-18-8-5-4-6-9-18/h4-9,11-14,16H,2-3,10,15,17H2,1H3/b16-7+. The Hall–Kier alpha value is -2.09. The lowest BCUT2D eigenvalue weighted by Crippen LogP contribution is -2.18. The summed E-state index contributed by atoms with van der Waals surface area (Å²) in [7, 11) is 0. The summed E-state index contributed by atoms with van der Waals surface area (Å²) in [5.41, 5.74) is 2.46. The summed E-state index contributed by atoms with van der Waals surface area (Å²) >= 11 is 0. The number of unbranched alkanes of at least 4 members (excludes halogenated alkanes) is 1. The van der Waals surface area contributed by atoms with Crippen molar-refractivity contribution in [2.24, 2.45) is 0 Å². The third kappa shape index (κ3) is 5.72. The van der Waals surface area contributed by atoms with Gasteiger partial charge in [-0.1, -0.05) is 61.9 Å². The van der Waals surface area contributed by atoms with Crippen LogP contribution < -0.4 is 0 Å². The first kappa shape index (κ1) is 16.3. The highest BCUT2D eigenvalue weighted by atomic mass is 19.1. The summed E-state index contributed by atoms with van der Waals surface area (Å²) in [6.45, 7) is 4.05. The molecule has 0 aliphatic heterocycles. The molecule has 0 spiro atoms. The molecule has 0 bridgehead atoms. The molecule has 0 saturated carbocycles. The van der Waals surface area contributed by atoms with Gasteiger partial charge >= 0.3 is 0 Å². The van der Waals surface area contributed by atoms with E-state index < -0.39 is 0 Å². The van der Waals surface area contributed by atoms with Crippen LogP contribution in [0.25, 0.3) is 0 Å². The smallest absolute Gasteiger partial charge is 0.123 e. The molecule has 0 fully saturated rings. The quantitative estimate of drug-likeness (QED) is 0.648. The lowest BCUT2D eigenvalue weighted by atomic mass is 10.1. The Bertz CT molecular complexity index is 560. The van der Waals surface area contributed by atoms with Crippen molar-refractivity contribution < 1.29 is 4.39 Å². The van der Waals surface area contributed by atoms with E-state index in [2.05, 4.69) is 48.4 Å². The van der Waals surface area contributed by atoms with Crippen LogP contribution in [0.5, 0.6) is 0 Å². The van der Waals surface area contributed by atoms with E-state index in [0.29, 0.717) is 0 Å². The van der Waals surface area contributed by atoms with Gasteiger partial charge in [-0.25, -0.2) is 4.39 Å². The molecule has 0 aliphatic carbocycles. The lowest BCUT2D eigenvalue weighted by Gasteiger charge is -2.20. The molecule has 0 radical (unpaired) electrons. The molecule has 1 nitrogen and oxygen atoms in total. The van der Waals surface area contributed by atoms with Gasteiger partial charge in [-0.2, -0.15) is 0 Å². The van der Waals surface area contributed by atoms with Gasteiger partial charge < -0.3 is 4.90 Å². The Morgan fingerprint density at radius 3 is 2.36 bits per heavy atom. The van der Waals surface area contributed by atoms with Crippen molar-refractivity contribution in [3.05, 3.63) is 83.8 Å². The maximum Gasteiger partial charge on any atom is 0.123 e. The number of nitrogens with zero attached hydrogens (tertiary/aromatic N) is 1. The molecule has 0 heterocycles. The highest BCUT2D eigenvalue weighted by Crippen LogP contribution is 2.09. The largest absolute Gasteiger partial charge is 0.373 e. The summed E-state index contributed by atoms with van der Waals surface area (Å²) in [4.78, 5) is 2.31. The van der Waals surface area contributed by atoms with Gasteiger partial charge in [-0.15, -0.1) is 0 Å². The van der Waals surface area contributed by atoms with Crippen molar-refractivity contribution in [3.63, 3.8) is 0 Å². The number of halogens is 1. The second-order valence-electron chi connectivity index (χ2n) is 5.52. The third-order valence-corrected chi connectivity index (χ3v) is 3.61. The monoisotopic (exact) mass is 297 g/mol. The molecule has 2 aromatic rings. The summed E-state index contributed by atoms with van der Waals surface area (Å²) in [6, 6.07) is 17.2. The topological polar surface area (TPSA) is 3.24 Å². The van der Waals surface area contributed by atoms with E-state index >= 15 is 0 Å². The van der Waals surface area contributed by atoms with E-state index in [9.17, 15) is 4.39 Å². The fourth-order valence-electron chi connectivity index (χ4n) is 2.34. The molecule has 0 amide bonds. The molecule has 0 aliphatic rings. The van der Waals surface area contributed by atoms with Gasteiger partial charge in [-0.05, 0) is 42.3 Å². The Morgan fingerprint density at radius 1 is 0.955 bits per heavy atom.